The number of phenolic OH excluding ortho intramolecular Hbond substituents is 2. The lowest BCUT2D eigenvalue weighted by Crippen LogP contribution is -2.31. The van der Waals surface area contributed by atoms with E-state index in [2.05, 4.69) is 79.7 Å². The molecule has 0 bridgehead atoms. The van der Waals surface area contributed by atoms with Gasteiger partial charge in [-0.3, -0.25) is 0 Å². The summed E-state index contributed by atoms with van der Waals surface area (Å²) >= 11 is 0. The second-order valence-corrected chi connectivity index (χ2v) is 11.9. The summed E-state index contributed by atoms with van der Waals surface area (Å²) in [4.78, 5) is 0. The lowest BCUT2D eigenvalue weighted by Gasteiger charge is -2.41. The molecule has 0 spiro atoms. The second kappa shape index (κ2) is 12.1. The van der Waals surface area contributed by atoms with Crippen LogP contribution in [0, 0.1) is 0 Å². The van der Waals surface area contributed by atoms with E-state index in [1.165, 1.54) is 30.4 Å². The predicted octanol–water partition coefficient (Wildman–Crippen LogP) is 10.4. The van der Waals surface area contributed by atoms with Crippen molar-refractivity contribution >= 4 is 0 Å². The van der Waals surface area contributed by atoms with E-state index in [1.54, 1.807) is 0 Å². The van der Waals surface area contributed by atoms with Gasteiger partial charge in [0, 0.05) is 5.41 Å². The van der Waals surface area contributed by atoms with Crippen LogP contribution in [0.2, 0.25) is 0 Å². The molecule has 0 radical (unpaired) electrons. The lowest BCUT2D eigenvalue weighted by atomic mass is 9.63. The molecule has 1 aliphatic carbocycles. The Morgan fingerprint density at radius 2 is 0.833 bits per heavy atom. The van der Waals surface area contributed by atoms with Crippen LogP contribution in [-0.2, 0) is 5.41 Å². The minimum Gasteiger partial charge on any atom is -0.507 e. The van der Waals surface area contributed by atoms with Crippen LogP contribution in [0.3, 0.4) is 0 Å². The molecule has 2 nitrogen and oxygen atoms in total. The summed E-state index contributed by atoms with van der Waals surface area (Å²) in [6.45, 7) is 17.8. The van der Waals surface area contributed by atoms with Crippen molar-refractivity contribution < 1.29 is 10.2 Å². The molecule has 0 aromatic heterocycles. The zero-order valence-corrected chi connectivity index (χ0v) is 24.4. The molecule has 1 fully saturated rings. The number of benzene rings is 2. The standard InChI is InChI=1S/C34H52O2/c1-9-22(5)28-18-26(19-29(32(28)35)23(6)10-2)34(16-14-13-15-17-34)27-20-30(24(7)11-3)33(36)31(21-27)25(8)12-4/h18-25,35-36H,9-17H2,1-8H3. The minimum absolute atomic E-state index is 0.0749. The van der Waals surface area contributed by atoms with Gasteiger partial charge in [-0.05, 0) is 95.6 Å². The van der Waals surface area contributed by atoms with Gasteiger partial charge in [0.1, 0.15) is 11.5 Å². The van der Waals surface area contributed by atoms with Gasteiger partial charge in [0.05, 0.1) is 0 Å². The number of hydrogen-bond donors (Lipinski definition) is 2. The molecular weight excluding hydrogens is 440 g/mol. The monoisotopic (exact) mass is 492 g/mol. The van der Waals surface area contributed by atoms with E-state index in [4.69, 9.17) is 0 Å². The van der Waals surface area contributed by atoms with Gasteiger partial charge in [-0.2, -0.15) is 0 Å². The topological polar surface area (TPSA) is 40.5 Å². The van der Waals surface area contributed by atoms with E-state index in [0.29, 0.717) is 35.2 Å². The summed E-state index contributed by atoms with van der Waals surface area (Å²) in [5.41, 5.74) is 7.12. The number of rotatable bonds is 10. The first-order valence-electron chi connectivity index (χ1n) is 14.9. The Balaban J connectivity index is 2.37. The van der Waals surface area contributed by atoms with E-state index >= 15 is 0 Å². The molecule has 1 saturated carbocycles. The summed E-state index contributed by atoms with van der Waals surface area (Å²) in [6, 6.07) is 9.39. The first kappa shape index (κ1) is 28.6. The molecular formula is C34H52O2. The van der Waals surface area contributed by atoms with Crippen molar-refractivity contribution in [2.24, 2.45) is 0 Å². The van der Waals surface area contributed by atoms with Gasteiger partial charge in [-0.1, -0.05) is 98.9 Å². The van der Waals surface area contributed by atoms with Crippen LogP contribution < -0.4 is 0 Å². The predicted molar refractivity (Wildman–Crippen MR) is 155 cm³/mol. The van der Waals surface area contributed by atoms with Crippen LogP contribution in [-0.4, -0.2) is 10.2 Å². The zero-order chi connectivity index (χ0) is 26.6. The third-order valence-electron chi connectivity index (χ3n) is 9.72. The SMILES string of the molecule is CCC(C)c1cc(C2(c3cc(C(C)CC)c(O)c(C(C)CC)c3)CCCCC2)cc(C(C)CC)c1O. The highest BCUT2D eigenvalue weighted by atomic mass is 16.3. The molecule has 4 atom stereocenters. The van der Waals surface area contributed by atoms with Crippen molar-refractivity contribution in [3.8, 4) is 11.5 Å². The van der Waals surface area contributed by atoms with Gasteiger partial charge in [0.25, 0.3) is 0 Å². The first-order chi connectivity index (χ1) is 17.1. The van der Waals surface area contributed by atoms with Crippen molar-refractivity contribution in [1.29, 1.82) is 0 Å². The number of aromatic hydroxyl groups is 2. The van der Waals surface area contributed by atoms with Gasteiger partial charge in [0.2, 0.25) is 0 Å². The Bertz CT molecular complexity index is 876. The van der Waals surface area contributed by atoms with Crippen LogP contribution in [0.4, 0.5) is 0 Å². The second-order valence-electron chi connectivity index (χ2n) is 11.9. The molecule has 4 unspecified atom stereocenters. The summed E-state index contributed by atoms with van der Waals surface area (Å²) < 4.78 is 0. The van der Waals surface area contributed by atoms with Crippen LogP contribution in [0.5, 0.6) is 11.5 Å². The summed E-state index contributed by atoms with van der Waals surface area (Å²) in [6.07, 6.45) is 10.0. The van der Waals surface area contributed by atoms with Crippen molar-refractivity contribution in [3.05, 3.63) is 57.6 Å². The molecule has 2 aromatic rings. The third kappa shape index (κ3) is 5.34. The molecule has 0 heterocycles. The maximum atomic E-state index is 11.4. The maximum absolute atomic E-state index is 11.4. The van der Waals surface area contributed by atoms with Crippen LogP contribution >= 0.6 is 0 Å². The van der Waals surface area contributed by atoms with Crippen molar-refractivity contribution in [2.45, 2.75) is 142 Å². The Morgan fingerprint density at radius 1 is 0.556 bits per heavy atom. The Hall–Kier alpha value is -1.96. The molecule has 36 heavy (non-hydrogen) atoms. The van der Waals surface area contributed by atoms with Gasteiger partial charge in [0.15, 0.2) is 0 Å². The largest absolute Gasteiger partial charge is 0.507 e. The molecule has 1 aliphatic rings. The minimum atomic E-state index is -0.0749. The van der Waals surface area contributed by atoms with Crippen molar-refractivity contribution in [3.63, 3.8) is 0 Å². The van der Waals surface area contributed by atoms with Gasteiger partial charge >= 0.3 is 0 Å². The van der Waals surface area contributed by atoms with Crippen molar-refractivity contribution in [1.82, 2.24) is 0 Å². The smallest absolute Gasteiger partial charge is 0.122 e. The molecule has 2 heteroatoms. The van der Waals surface area contributed by atoms with Crippen molar-refractivity contribution in [2.75, 3.05) is 0 Å². The Kier molecular flexibility index (Phi) is 9.58. The van der Waals surface area contributed by atoms with E-state index in [0.717, 1.165) is 60.8 Å². The molecule has 0 saturated heterocycles. The normalized spacial score (nSPS) is 19.0. The first-order valence-corrected chi connectivity index (χ1v) is 14.9. The molecule has 0 amide bonds. The zero-order valence-electron chi connectivity index (χ0n) is 24.4. The Morgan fingerprint density at radius 3 is 1.08 bits per heavy atom. The molecule has 3 rings (SSSR count). The molecule has 0 aliphatic heterocycles. The number of hydrogen-bond acceptors (Lipinski definition) is 2. The average Bonchev–Trinajstić information content (AvgIpc) is 2.91. The van der Waals surface area contributed by atoms with E-state index in [-0.39, 0.29) is 5.41 Å². The highest BCUT2D eigenvalue weighted by molar-refractivity contribution is 5.55. The fourth-order valence-corrected chi connectivity index (χ4v) is 6.19. The molecule has 2 aromatic carbocycles. The Labute approximate surface area is 221 Å². The number of phenols is 2. The lowest BCUT2D eigenvalue weighted by molar-refractivity contribution is 0.342. The highest BCUT2D eigenvalue weighted by Crippen LogP contribution is 2.51. The van der Waals surface area contributed by atoms with Gasteiger partial charge in [-0.15, -0.1) is 0 Å². The van der Waals surface area contributed by atoms with E-state index in [9.17, 15) is 10.2 Å². The fourth-order valence-electron chi connectivity index (χ4n) is 6.19. The molecule has 200 valence electrons. The van der Waals surface area contributed by atoms with E-state index < -0.39 is 0 Å². The highest BCUT2D eigenvalue weighted by Gasteiger charge is 2.38. The summed E-state index contributed by atoms with van der Waals surface area (Å²) in [7, 11) is 0. The average molecular weight is 493 g/mol. The van der Waals surface area contributed by atoms with Gasteiger partial charge < -0.3 is 10.2 Å². The maximum Gasteiger partial charge on any atom is 0.122 e. The van der Waals surface area contributed by atoms with E-state index in [1.807, 2.05) is 0 Å². The third-order valence-corrected chi connectivity index (χ3v) is 9.72. The van der Waals surface area contributed by atoms with Gasteiger partial charge in [-0.25, -0.2) is 0 Å². The molecule has 2 N–H and O–H groups in total. The quantitative estimate of drug-likeness (QED) is 0.346. The van der Waals surface area contributed by atoms with Crippen LogP contribution in [0.25, 0.3) is 0 Å². The van der Waals surface area contributed by atoms with Crippen LogP contribution in [0.1, 0.15) is 170 Å². The summed E-state index contributed by atoms with van der Waals surface area (Å²) in [5, 5.41) is 22.7. The van der Waals surface area contributed by atoms with Crippen LogP contribution in [0.15, 0.2) is 24.3 Å². The fraction of sp³-hybridized carbons (Fsp3) is 0.647. The summed E-state index contributed by atoms with van der Waals surface area (Å²) in [5.74, 6) is 2.30.